The zero-order valence-corrected chi connectivity index (χ0v) is 11.9. The predicted molar refractivity (Wildman–Crippen MR) is 77.0 cm³/mol. The molecule has 1 aliphatic carbocycles. The maximum atomic E-state index is 13.4. The molecule has 3 nitrogen and oxygen atoms in total. The molecule has 0 spiro atoms. The van der Waals surface area contributed by atoms with E-state index in [1.54, 1.807) is 12.1 Å². The molecule has 20 heavy (non-hydrogen) atoms. The summed E-state index contributed by atoms with van der Waals surface area (Å²) in [5.41, 5.74) is 1.03. The minimum Gasteiger partial charge on any atom is -0.394 e. The molecule has 4 heteroatoms. The first-order valence-corrected chi connectivity index (χ1v) is 7.48. The van der Waals surface area contributed by atoms with Crippen molar-refractivity contribution in [3.05, 3.63) is 35.6 Å². The van der Waals surface area contributed by atoms with Crippen LogP contribution in [0.2, 0.25) is 0 Å². The highest BCUT2D eigenvalue weighted by atomic mass is 19.1. The summed E-state index contributed by atoms with van der Waals surface area (Å²) in [7, 11) is 0. The van der Waals surface area contributed by atoms with Crippen LogP contribution < -0.4 is 5.32 Å². The standard InChI is InChI=1S/C16H24FNO2/c17-15-7-3-6-14(12-15)16(13-4-1-2-5-13)18-8-10-20-11-9-19/h3,6-7,12-13,16,18-19H,1-2,4-5,8-11H2. The molecule has 2 N–H and O–H groups in total. The van der Waals surface area contributed by atoms with Crippen LogP contribution in [0.5, 0.6) is 0 Å². The van der Waals surface area contributed by atoms with Crippen LogP contribution in [-0.2, 0) is 4.74 Å². The molecule has 1 aliphatic rings. The molecule has 1 aromatic rings. The van der Waals surface area contributed by atoms with Crippen LogP contribution in [-0.4, -0.2) is 31.5 Å². The molecule has 1 atom stereocenters. The SMILES string of the molecule is OCCOCCNC(c1cccc(F)c1)C1CCCC1. The van der Waals surface area contributed by atoms with E-state index < -0.39 is 0 Å². The molecular weight excluding hydrogens is 257 g/mol. The van der Waals surface area contributed by atoms with Gasteiger partial charge in [0.2, 0.25) is 0 Å². The van der Waals surface area contributed by atoms with Crippen molar-refractivity contribution in [1.82, 2.24) is 5.32 Å². The first-order chi connectivity index (χ1) is 9.81. The van der Waals surface area contributed by atoms with E-state index in [1.807, 2.05) is 6.07 Å². The van der Waals surface area contributed by atoms with Crippen molar-refractivity contribution in [3.63, 3.8) is 0 Å². The molecule has 1 saturated carbocycles. The minimum absolute atomic E-state index is 0.0515. The second kappa shape index (κ2) is 8.35. The highest BCUT2D eigenvalue weighted by Gasteiger charge is 2.26. The number of aliphatic hydroxyl groups excluding tert-OH is 1. The molecule has 1 aromatic carbocycles. The van der Waals surface area contributed by atoms with Gasteiger partial charge >= 0.3 is 0 Å². The van der Waals surface area contributed by atoms with Crippen LogP contribution in [0.1, 0.15) is 37.3 Å². The lowest BCUT2D eigenvalue weighted by molar-refractivity contribution is 0.0913. The van der Waals surface area contributed by atoms with Crippen LogP contribution in [0, 0.1) is 11.7 Å². The van der Waals surface area contributed by atoms with Gasteiger partial charge in [0.15, 0.2) is 0 Å². The van der Waals surface area contributed by atoms with E-state index in [4.69, 9.17) is 9.84 Å². The number of benzene rings is 1. The van der Waals surface area contributed by atoms with Gasteiger partial charge in [0.05, 0.1) is 19.8 Å². The van der Waals surface area contributed by atoms with Crippen LogP contribution in [0.25, 0.3) is 0 Å². The Hall–Kier alpha value is -0.970. The van der Waals surface area contributed by atoms with Crippen molar-refractivity contribution >= 4 is 0 Å². The van der Waals surface area contributed by atoms with Crippen molar-refractivity contribution < 1.29 is 14.2 Å². The molecule has 0 aliphatic heterocycles. The normalized spacial score (nSPS) is 17.5. The number of nitrogens with one attached hydrogen (secondary N) is 1. The third-order valence-electron chi connectivity index (χ3n) is 3.93. The lowest BCUT2D eigenvalue weighted by atomic mass is 9.91. The molecule has 0 bridgehead atoms. The molecule has 0 radical (unpaired) electrons. The van der Waals surface area contributed by atoms with Crippen molar-refractivity contribution in [2.75, 3.05) is 26.4 Å². The summed E-state index contributed by atoms with van der Waals surface area (Å²) in [6.07, 6.45) is 4.93. The minimum atomic E-state index is -0.177. The van der Waals surface area contributed by atoms with E-state index in [-0.39, 0.29) is 18.5 Å². The summed E-state index contributed by atoms with van der Waals surface area (Å²) in [5, 5.41) is 12.2. The van der Waals surface area contributed by atoms with Gasteiger partial charge in [-0.25, -0.2) is 4.39 Å². The Morgan fingerprint density at radius 2 is 2.10 bits per heavy atom. The number of ether oxygens (including phenoxy) is 1. The van der Waals surface area contributed by atoms with Gasteiger partial charge in [-0.05, 0) is 36.5 Å². The first-order valence-electron chi connectivity index (χ1n) is 7.48. The van der Waals surface area contributed by atoms with E-state index in [2.05, 4.69) is 5.32 Å². The van der Waals surface area contributed by atoms with Gasteiger partial charge in [0, 0.05) is 12.6 Å². The summed E-state index contributed by atoms with van der Waals surface area (Å²) in [5.74, 6) is 0.401. The Morgan fingerprint density at radius 3 is 2.80 bits per heavy atom. The maximum absolute atomic E-state index is 13.4. The molecule has 0 saturated heterocycles. The number of rotatable bonds is 8. The Morgan fingerprint density at radius 1 is 1.30 bits per heavy atom. The van der Waals surface area contributed by atoms with Crippen LogP contribution >= 0.6 is 0 Å². The van der Waals surface area contributed by atoms with Gasteiger partial charge in [0.25, 0.3) is 0 Å². The zero-order chi connectivity index (χ0) is 14.2. The zero-order valence-electron chi connectivity index (χ0n) is 11.9. The van der Waals surface area contributed by atoms with E-state index in [0.717, 1.165) is 12.1 Å². The topological polar surface area (TPSA) is 41.5 Å². The lowest BCUT2D eigenvalue weighted by Crippen LogP contribution is -2.30. The highest BCUT2D eigenvalue weighted by Crippen LogP contribution is 2.35. The molecular formula is C16H24FNO2. The molecule has 1 fully saturated rings. The fraction of sp³-hybridized carbons (Fsp3) is 0.625. The second-order valence-electron chi connectivity index (χ2n) is 5.37. The van der Waals surface area contributed by atoms with Crippen molar-refractivity contribution in [3.8, 4) is 0 Å². The lowest BCUT2D eigenvalue weighted by Gasteiger charge is -2.25. The predicted octanol–water partition coefficient (Wildman–Crippen LogP) is 2.66. The van der Waals surface area contributed by atoms with Crippen molar-refractivity contribution in [2.24, 2.45) is 5.92 Å². The van der Waals surface area contributed by atoms with Gasteiger partial charge < -0.3 is 15.2 Å². The van der Waals surface area contributed by atoms with Crippen LogP contribution in [0.3, 0.4) is 0 Å². The number of hydrogen-bond acceptors (Lipinski definition) is 3. The Labute approximate surface area is 120 Å². The van der Waals surface area contributed by atoms with Gasteiger partial charge in [-0.1, -0.05) is 25.0 Å². The first kappa shape index (κ1) is 15.4. The fourth-order valence-corrected chi connectivity index (χ4v) is 3.00. The van der Waals surface area contributed by atoms with Gasteiger partial charge in [-0.15, -0.1) is 0 Å². The third-order valence-corrected chi connectivity index (χ3v) is 3.93. The second-order valence-corrected chi connectivity index (χ2v) is 5.37. The van der Waals surface area contributed by atoms with Gasteiger partial charge in [-0.2, -0.15) is 0 Å². The van der Waals surface area contributed by atoms with Crippen molar-refractivity contribution in [2.45, 2.75) is 31.7 Å². The van der Waals surface area contributed by atoms with Crippen molar-refractivity contribution in [1.29, 1.82) is 0 Å². The summed E-state index contributed by atoms with van der Waals surface area (Å²) < 4.78 is 18.7. The molecule has 112 valence electrons. The molecule has 1 unspecified atom stereocenters. The third kappa shape index (κ3) is 4.54. The van der Waals surface area contributed by atoms with Gasteiger partial charge in [0.1, 0.15) is 5.82 Å². The quantitative estimate of drug-likeness (QED) is 0.720. The van der Waals surface area contributed by atoms with E-state index >= 15 is 0 Å². The largest absolute Gasteiger partial charge is 0.394 e. The van der Waals surface area contributed by atoms with E-state index in [0.29, 0.717) is 19.1 Å². The van der Waals surface area contributed by atoms with Gasteiger partial charge in [-0.3, -0.25) is 0 Å². The summed E-state index contributed by atoms with van der Waals surface area (Å²) >= 11 is 0. The number of hydrogen-bond donors (Lipinski definition) is 2. The smallest absolute Gasteiger partial charge is 0.123 e. The fourth-order valence-electron chi connectivity index (χ4n) is 3.00. The Balaban J connectivity index is 1.94. The molecule has 0 amide bonds. The Bertz CT molecular complexity index is 394. The summed E-state index contributed by atoms with van der Waals surface area (Å²) in [6.45, 7) is 1.71. The van der Waals surface area contributed by atoms with E-state index in [1.165, 1.54) is 31.7 Å². The number of aliphatic hydroxyl groups is 1. The van der Waals surface area contributed by atoms with E-state index in [9.17, 15) is 4.39 Å². The highest BCUT2D eigenvalue weighted by molar-refractivity contribution is 5.21. The Kier molecular flexibility index (Phi) is 6.43. The average molecular weight is 281 g/mol. The van der Waals surface area contributed by atoms with Crippen LogP contribution in [0.4, 0.5) is 4.39 Å². The number of halogens is 1. The molecule has 0 aromatic heterocycles. The van der Waals surface area contributed by atoms with Crippen LogP contribution in [0.15, 0.2) is 24.3 Å². The molecule has 2 rings (SSSR count). The maximum Gasteiger partial charge on any atom is 0.123 e. The summed E-state index contributed by atoms with van der Waals surface area (Å²) in [4.78, 5) is 0. The monoisotopic (exact) mass is 281 g/mol. The summed E-state index contributed by atoms with van der Waals surface area (Å²) in [6, 6.07) is 7.08. The molecule has 0 heterocycles. The average Bonchev–Trinajstić information content (AvgIpc) is 2.96.